The average molecular weight is 208 g/mol. The normalized spacial score (nSPS) is 19.6. The maximum Gasteiger partial charge on any atom is 0.397 e. The maximum absolute atomic E-state index is 12.3. The fourth-order valence-corrected chi connectivity index (χ4v) is 1.01. The van der Waals surface area contributed by atoms with Gasteiger partial charge >= 0.3 is 6.18 Å². The molecule has 0 spiro atoms. The van der Waals surface area contributed by atoms with Gasteiger partial charge in [0.1, 0.15) is 12.0 Å². The Morgan fingerprint density at radius 2 is 2.07 bits per heavy atom. The third kappa shape index (κ3) is 2.18. The number of nitrogens with one attached hydrogen (secondary N) is 1. The summed E-state index contributed by atoms with van der Waals surface area (Å²) in [6.45, 7) is -0.486. The average Bonchev–Trinajstić information content (AvgIpc) is 2.80. The molecule has 0 aromatic carbocycles. The third-order valence-corrected chi connectivity index (χ3v) is 2.21. The number of ether oxygens (including phenoxy) is 1. The van der Waals surface area contributed by atoms with E-state index in [0.29, 0.717) is 0 Å². The summed E-state index contributed by atoms with van der Waals surface area (Å²) < 4.78 is 41.6. The van der Waals surface area contributed by atoms with Gasteiger partial charge in [-0.2, -0.15) is 13.2 Å². The zero-order valence-electron chi connectivity index (χ0n) is 7.40. The number of rotatable bonds is 3. The Bertz CT molecular complexity index is 256. The second-order valence-corrected chi connectivity index (χ2v) is 3.29. The zero-order chi connectivity index (χ0) is 10.8. The molecule has 1 saturated carbocycles. The van der Waals surface area contributed by atoms with E-state index in [1.807, 2.05) is 0 Å². The lowest BCUT2D eigenvalue weighted by Crippen LogP contribution is -2.30. The van der Waals surface area contributed by atoms with Crippen molar-refractivity contribution in [2.45, 2.75) is 19.0 Å². The predicted octanol–water partition coefficient (Wildman–Crippen LogP) is 1.80. The third-order valence-electron chi connectivity index (χ3n) is 2.21. The molecular weight excluding hydrogens is 197 g/mol. The quantitative estimate of drug-likeness (QED) is 0.548. The molecule has 0 aromatic rings. The molecule has 3 N–H and O–H groups in total. The van der Waals surface area contributed by atoms with Crippen molar-refractivity contribution in [3.05, 3.63) is 12.3 Å². The van der Waals surface area contributed by atoms with E-state index < -0.39 is 18.2 Å². The first-order valence-electron chi connectivity index (χ1n) is 4.08. The highest BCUT2D eigenvalue weighted by molar-refractivity contribution is 5.84. The van der Waals surface area contributed by atoms with Gasteiger partial charge in [-0.05, 0) is 19.0 Å². The second kappa shape index (κ2) is 3.51. The molecule has 0 atom stereocenters. The van der Waals surface area contributed by atoms with E-state index >= 15 is 0 Å². The monoisotopic (exact) mass is 208 g/mol. The lowest BCUT2D eigenvalue weighted by Gasteiger charge is -2.18. The molecule has 80 valence electrons. The summed E-state index contributed by atoms with van der Waals surface area (Å²) in [4.78, 5) is 0. The van der Waals surface area contributed by atoms with Crippen LogP contribution in [-0.4, -0.2) is 18.7 Å². The summed E-state index contributed by atoms with van der Waals surface area (Å²) in [6, 6.07) is 0. The van der Waals surface area contributed by atoms with Gasteiger partial charge in [0.25, 0.3) is 0 Å². The van der Waals surface area contributed by atoms with Gasteiger partial charge in [-0.1, -0.05) is 0 Å². The minimum Gasteiger partial charge on any atom is -0.477 e. The Hall–Kier alpha value is -1.20. The minimum atomic E-state index is -4.24. The largest absolute Gasteiger partial charge is 0.477 e. The van der Waals surface area contributed by atoms with Gasteiger partial charge in [0.2, 0.25) is 5.90 Å². The van der Waals surface area contributed by atoms with Crippen LogP contribution in [0, 0.1) is 10.8 Å². The summed E-state index contributed by atoms with van der Waals surface area (Å²) in [5.41, 5.74) is 3.23. The molecule has 0 amide bonds. The van der Waals surface area contributed by atoms with Crippen LogP contribution in [0.2, 0.25) is 0 Å². The molecule has 0 heterocycles. The predicted molar refractivity (Wildman–Crippen MR) is 44.7 cm³/mol. The van der Waals surface area contributed by atoms with Crippen LogP contribution in [0.1, 0.15) is 12.8 Å². The van der Waals surface area contributed by atoms with Gasteiger partial charge in [-0.15, -0.1) is 0 Å². The van der Waals surface area contributed by atoms with Crippen molar-refractivity contribution in [2.24, 2.45) is 11.1 Å². The first kappa shape index (κ1) is 10.9. The van der Waals surface area contributed by atoms with Gasteiger partial charge in [0, 0.05) is 6.08 Å². The van der Waals surface area contributed by atoms with Crippen LogP contribution in [0.15, 0.2) is 12.3 Å². The summed E-state index contributed by atoms with van der Waals surface area (Å²) >= 11 is 0. The molecule has 6 heteroatoms. The summed E-state index contributed by atoms with van der Waals surface area (Å²) in [6.07, 6.45) is -1.92. The van der Waals surface area contributed by atoms with E-state index in [-0.39, 0.29) is 18.7 Å². The maximum atomic E-state index is 12.3. The van der Waals surface area contributed by atoms with Crippen molar-refractivity contribution in [3.63, 3.8) is 0 Å². The lowest BCUT2D eigenvalue weighted by molar-refractivity contribution is -0.195. The fraction of sp³-hybridized carbons (Fsp3) is 0.625. The van der Waals surface area contributed by atoms with Gasteiger partial charge in [0.15, 0.2) is 0 Å². The first-order chi connectivity index (χ1) is 6.41. The summed E-state index contributed by atoms with van der Waals surface area (Å²) in [7, 11) is 0. The summed E-state index contributed by atoms with van der Waals surface area (Å²) in [5, 5.41) is 7.04. The second-order valence-electron chi connectivity index (χ2n) is 3.29. The number of hydrogen-bond acceptors (Lipinski definition) is 3. The summed E-state index contributed by atoms with van der Waals surface area (Å²) in [5.74, 6) is -0.344. The van der Waals surface area contributed by atoms with Gasteiger partial charge in [-0.25, -0.2) is 0 Å². The van der Waals surface area contributed by atoms with Crippen LogP contribution in [0.3, 0.4) is 0 Å². The molecule has 0 bridgehead atoms. The SMILES string of the molecule is N=C(/C=C\N)OCC1(C(F)(F)F)CC1. The minimum absolute atomic E-state index is 0.0795. The standard InChI is InChI=1S/C8H11F3N2O/c9-8(10,11)7(2-3-7)5-14-6(13)1-4-12/h1,4,13H,2-3,5,12H2/b4-1-,13-6?. The van der Waals surface area contributed by atoms with Gasteiger partial charge < -0.3 is 10.5 Å². The molecule has 14 heavy (non-hydrogen) atoms. The molecule has 0 aliphatic heterocycles. The number of hydrogen-bond donors (Lipinski definition) is 2. The zero-order valence-corrected chi connectivity index (χ0v) is 7.40. The molecule has 1 aliphatic rings. The van der Waals surface area contributed by atoms with Gasteiger partial charge in [0.05, 0.1) is 0 Å². The Morgan fingerprint density at radius 3 is 2.43 bits per heavy atom. The Balaban J connectivity index is 2.42. The number of alkyl halides is 3. The highest BCUT2D eigenvalue weighted by Gasteiger charge is 2.63. The Morgan fingerprint density at radius 1 is 1.50 bits per heavy atom. The van der Waals surface area contributed by atoms with Crippen molar-refractivity contribution < 1.29 is 17.9 Å². The molecule has 0 radical (unpaired) electrons. The van der Waals surface area contributed by atoms with Crippen LogP contribution >= 0.6 is 0 Å². The van der Waals surface area contributed by atoms with Crippen molar-refractivity contribution in [1.82, 2.24) is 0 Å². The van der Waals surface area contributed by atoms with E-state index in [4.69, 9.17) is 11.1 Å². The Labute approximate surface area is 79.2 Å². The molecule has 0 saturated heterocycles. The van der Waals surface area contributed by atoms with Crippen LogP contribution in [0.5, 0.6) is 0 Å². The number of halogens is 3. The van der Waals surface area contributed by atoms with Crippen molar-refractivity contribution in [1.29, 1.82) is 5.41 Å². The number of nitrogens with two attached hydrogens (primary N) is 1. The Kier molecular flexibility index (Phi) is 2.73. The van der Waals surface area contributed by atoms with E-state index in [1.165, 1.54) is 0 Å². The van der Waals surface area contributed by atoms with E-state index in [2.05, 4.69) is 4.74 Å². The molecule has 1 aliphatic carbocycles. The van der Waals surface area contributed by atoms with Crippen LogP contribution in [-0.2, 0) is 4.74 Å². The molecule has 0 unspecified atom stereocenters. The van der Waals surface area contributed by atoms with Crippen LogP contribution in [0.25, 0.3) is 0 Å². The lowest BCUT2D eigenvalue weighted by atomic mass is 10.1. The van der Waals surface area contributed by atoms with Crippen molar-refractivity contribution >= 4 is 5.90 Å². The topological polar surface area (TPSA) is 59.1 Å². The van der Waals surface area contributed by atoms with E-state index in [1.54, 1.807) is 0 Å². The smallest absolute Gasteiger partial charge is 0.397 e. The van der Waals surface area contributed by atoms with Crippen LogP contribution < -0.4 is 5.73 Å². The fourth-order valence-electron chi connectivity index (χ4n) is 1.01. The molecule has 1 fully saturated rings. The van der Waals surface area contributed by atoms with Gasteiger partial charge in [-0.3, -0.25) is 5.41 Å². The molecule has 3 nitrogen and oxygen atoms in total. The first-order valence-corrected chi connectivity index (χ1v) is 4.08. The van der Waals surface area contributed by atoms with Crippen molar-refractivity contribution in [3.8, 4) is 0 Å². The molecule has 0 aromatic heterocycles. The van der Waals surface area contributed by atoms with E-state index in [0.717, 1.165) is 12.3 Å². The highest BCUT2D eigenvalue weighted by atomic mass is 19.4. The highest BCUT2D eigenvalue weighted by Crippen LogP contribution is 2.57. The molecule has 1 rings (SSSR count). The van der Waals surface area contributed by atoms with E-state index in [9.17, 15) is 13.2 Å². The van der Waals surface area contributed by atoms with Crippen molar-refractivity contribution in [2.75, 3.05) is 6.61 Å². The molecular formula is C8H11F3N2O. The van der Waals surface area contributed by atoms with Crippen LogP contribution in [0.4, 0.5) is 13.2 Å².